The van der Waals surface area contributed by atoms with Gasteiger partial charge in [0.15, 0.2) is 0 Å². The number of nitrogens with two attached hydrogens (primary N) is 1. The van der Waals surface area contributed by atoms with Gasteiger partial charge in [-0.25, -0.2) is 4.98 Å². The fraction of sp³-hybridized carbons (Fsp3) is 0.692. The summed E-state index contributed by atoms with van der Waals surface area (Å²) in [4.78, 5) is 18.2. The van der Waals surface area contributed by atoms with Crippen molar-refractivity contribution in [3.8, 4) is 0 Å². The molecule has 0 bridgehead atoms. The van der Waals surface area contributed by atoms with Gasteiger partial charge in [0.1, 0.15) is 5.82 Å². The minimum atomic E-state index is 0.145. The van der Waals surface area contributed by atoms with Gasteiger partial charge in [-0.3, -0.25) is 4.79 Å². The Labute approximate surface area is 108 Å². The number of hydrogen-bond donors (Lipinski definition) is 1. The van der Waals surface area contributed by atoms with Crippen molar-refractivity contribution in [2.75, 3.05) is 13.1 Å². The van der Waals surface area contributed by atoms with Gasteiger partial charge in [-0.2, -0.15) is 0 Å². The van der Waals surface area contributed by atoms with Crippen LogP contribution in [0.4, 0.5) is 0 Å². The van der Waals surface area contributed by atoms with Gasteiger partial charge in [0.2, 0.25) is 5.91 Å². The Morgan fingerprint density at radius 3 is 3.11 bits per heavy atom. The smallest absolute Gasteiger partial charge is 0.224 e. The fourth-order valence-corrected chi connectivity index (χ4v) is 2.42. The van der Waals surface area contributed by atoms with E-state index >= 15 is 0 Å². The third-order valence-corrected chi connectivity index (χ3v) is 3.55. The van der Waals surface area contributed by atoms with Crippen molar-refractivity contribution in [3.05, 3.63) is 18.2 Å². The molecular weight excluding hydrogens is 228 g/mol. The molecule has 1 aliphatic rings. The van der Waals surface area contributed by atoms with E-state index in [1.807, 2.05) is 22.6 Å². The molecule has 1 atom stereocenters. The summed E-state index contributed by atoms with van der Waals surface area (Å²) in [5.74, 6) is 1.16. The molecule has 1 aromatic rings. The Bertz CT molecular complexity index is 401. The van der Waals surface area contributed by atoms with Crippen LogP contribution in [-0.2, 0) is 11.3 Å². The Morgan fingerprint density at radius 1 is 1.56 bits per heavy atom. The van der Waals surface area contributed by atoms with Gasteiger partial charge in [0.05, 0.1) is 0 Å². The summed E-state index contributed by atoms with van der Waals surface area (Å²) in [6, 6.07) is 0.145. The molecule has 1 aromatic heterocycles. The molecule has 2 rings (SSSR count). The van der Waals surface area contributed by atoms with Crippen LogP contribution in [0.1, 0.15) is 31.5 Å². The summed E-state index contributed by atoms with van der Waals surface area (Å²) in [6.07, 6.45) is 7.45. The van der Waals surface area contributed by atoms with Gasteiger partial charge in [-0.15, -0.1) is 0 Å². The van der Waals surface area contributed by atoms with E-state index in [9.17, 15) is 4.79 Å². The maximum Gasteiger partial charge on any atom is 0.224 e. The monoisotopic (exact) mass is 250 g/mol. The van der Waals surface area contributed by atoms with E-state index in [0.29, 0.717) is 19.5 Å². The van der Waals surface area contributed by atoms with Crippen LogP contribution in [0.25, 0.3) is 0 Å². The maximum absolute atomic E-state index is 12.1. The van der Waals surface area contributed by atoms with Gasteiger partial charge < -0.3 is 15.2 Å². The highest BCUT2D eigenvalue weighted by Gasteiger charge is 2.19. The van der Waals surface area contributed by atoms with Crippen LogP contribution in [-0.4, -0.2) is 39.5 Å². The van der Waals surface area contributed by atoms with Crippen LogP contribution in [0.5, 0.6) is 0 Å². The molecule has 18 heavy (non-hydrogen) atoms. The molecule has 1 fully saturated rings. The first-order chi connectivity index (χ1) is 8.66. The number of carbonyl (C=O) groups is 1. The molecule has 1 saturated heterocycles. The first-order valence-electron chi connectivity index (χ1n) is 6.68. The van der Waals surface area contributed by atoms with Crippen LogP contribution < -0.4 is 5.73 Å². The first-order valence-corrected chi connectivity index (χ1v) is 6.68. The van der Waals surface area contributed by atoms with Gasteiger partial charge in [0, 0.05) is 44.5 Å². The lowest BCUT2D eigenvalue weighted by Gasteiger charge is -2.22. The summed E-state index contributed by atoms with van der Waals surface area (Å²) in [7, 11) is 0. The predicted molar refractivity (Wildman–Crippen MR) is 70.0 cm³/mol. The van der Waals surface area contributed by atoms with Crippen molar-refractivity contribution in [1.82, 2.24) is 14.5 Å². The molecule has 0 aromatic carbocycles. The SMILES string of the molecule is Cc1nccn1CCC(=O)N1CCCCC(N)C1. The largest absolute Gasteiger partial charge is 0.341 e. The number of amides is 1. The predicted octanol–water partition coefficient (Wildman–Crippen LogP) is 0.921. The number of carbonyl (C=O) groups excluding carboxylic acids is 1. The second-order valence-corrected chi connectivity index (χ2v) is 5.01. The van der Waals surface area contributed by atoms with Crippen molar-refractivity contribution < 1.29 is 4.79 Å². The Kier molecular flexibility index (Phi) is 4.36. The fourth-order valence-electron chi connectivity index (χ4n) is 2.42. The van der Waals surface area contributed by atoms with E-state index in [1.54, 1.807) is 6.20 Å². The van der Waals surface area contributed by atoms with E-state index in [2.05, 4.69) is 4.98 Å². The Hall–Kier alpha value is -1.36. The lowest BCUT2D eigenvalue weighted by molar-refractivity contribution is -0.131. The minimum Gasteiger partial charge on any atom is -0.341 e. The highest BCUT2D eigenvalue weighted by Crippen LogP contribution is 2.11. The normalized spacial score (nSPS) is 20.8. The molecule has 2 heterocycles. The van der Waals surface area contributed by atoms with E-state index in [4.69, 9.17) is 5.73 Å². The van der Waals surface area contributed by atoms with Crippen LogP contribution in [0.2, 0.25) is 0 Å². The van der Waals surface area contributed by atoms with Crippen LogP contribution in [0.15, 0.2) is 12.4 Å². The average Bonchev–Trinajstić information content (AvgIpc) is 2.62. The molecule has 5 heteroatoms. The molecular formula is C13H22N4O. The number of nitrogens with zero attached hydrogens (tertiary/aromatic N) is 3. The molecule has 2 N–H and O–H groups in total. The zero-order valence-corrected chi connectivity index (χ0v) is 11.0. The van der Waals surface area contributed by atoms with Gasteiger partial charge in [0.25, 0.3) is 0 Å². The average molecular weight is 250 g/mol. The summed E-state index contributed by atoms with van der Waals surface area (Å²) >= 11 is 0. The minimum absolute atomic E-state index is 0.145. The Morgan fingerprint density at radius 2 is 2.39 bits per heavy atom. The second kappa shape index (κ2) is 6.00. The standard InChI is InChI=1S/C13H22N4O/c1-11-15-6-9-16(11)8-5-13(18)17-7-3-2-4-12(14)10-17/h6,9,12H,2-5,7-8,10,14H2,1H3. The zero-order valence-electron chi connectivity index (χ0n) is 11.0. The number of hydrogen-bond acceptors (Lipinski definition) is 3. The summed E-state index contributed by atoms with van der Waals surface area (Å²) < 4.78 is 2.01. The first kappa shape index (κ1) is 13.1. The molecule has 0 aliphatic carbocycles. The van der Waals surface area contributed by atoms with Gasteiger partial charge >= 0.3 is 0 Å². The van der Waals surface area contributed by atoms with E-state index in [1.165, 1.54) is 0 Å². The Balaban J connectivity index is 1.85. The molecule has 1 amide bonds. The summed E-state index contributed by atoms with van der Waals surface area (Å²) in [5.41, 5.74) is 5.97. The lowest BCUT2D eigenvalue weighted by atomic mass is 10.2. The summed E-state index contributed by atoms with van der Waals surface area (Å²) in [5, 5.41) is 0. The van der Waals surface area contributed by atoms with E-state index in [0.717, 1.165) is 31.6 Å². The number of aromatic nitrogens is 2. The molecule has 100 valence electrons. The van der Waals surface area contributed by atoms with Crippen molar-refractivity contribution in [3.63, 3.8) is 0 Å². The van der Waals surface area contributed by atoms with Crippen LogP contribution >= 0.6 is 0 Å². The molecule has 0 radical (unpaired) electrons. The van der Waals surface area contributed by atoms with E-state index in [-0.39, 0.29) is 11.9 Å². The second-order valence-electron chi connectivity index (χ2n) is 5.01. The maximum atomic E-state index is 12.1. The number of likely N-dealkylation sites (tertiary alicyclic amines) is 1. The number of aryl methyl sites for hydroxylation is 2. The highest BCUT2D eigenvalue weighted by molar-refractivity contribution is 5.76. The zero-order chi connectivity index (χ0) is 13.0. The molecule has 5 nitrogen and oxygen atoms in total. The quantitative estimate of drug-likeness (QED) is 0.867. The van der Waals surface area contributed by atoms with Gasteiger partial charge in [-0.05, 0) is 19.8 Å². The third-order valence-electron chi connectivity index (χ3n) is 3.55. The van der Waals surface area contributed by atoms with Crippen LogP contribution in [0.3, 0.4) is 0 Å². The van der Waals surface area contributed by atoms with Crippen molar-refractivity contribution in [1.29, 1.82) is 0 Å². The molecule has 1 aliphatic heterocycles. The van der Waals surface area contributed by atoms with Crippen molar-refractivity contribution in [2.24, 2.45) is 5.73 Å². The third kappa shape index (κ3) is 3.32. The lowest BCUT2D eigenvalue weighted by Crippen LogP contribution is -2.40. The van der Waals surface area contributed by atoms with Crippen molar-refractivity contribution >= 4 is 5.91 Å². The molecule has 0 saturated carbocycles. The van der Waals surface area contributed by atoms with Crippen LogP contribution in [0, 0.1) is 6.92 Å². The number of rotatable bonds is 3. The summed E-state index contributed by atoms with van der Waals surface area (Å²) in [6.45, 7) is 4.22. The topological polar surface area (TPSA) is 64.2 Å². The van der Waals surface area contributed by atoms with E-state index < -0.39 is 0 Å². The highest BCUT2D eigenvalue weighted by atomic mass is 16.2. The molecule has 0 spiro atoms. The van der Waals surface area contributed by atoms with Crippen molar-refractivity contribution in [2.45, 2.75) is 45.2 Å². The molecule has 1 unspecified atom stereocenters. The van der Waals surface area contributed by atoms with Gasteiger partial charge in [-0.1, -0.05) is 6.42 Å². The number of imidazole rings is 1.